The monoisotopic (exact) mass is 233 g/mol. The van der Waals surface area contributed by atoms with Crippen LogP contribution in [0.3, 0.4) is 0 Å². The Bertz CT molecular complexity index is 614. The van der Waals surface area contributed by atoms with E-state index in [1.807, 2.05) is 0 Å². The van der Waals surface area contributed by atoms with E-state index in [2.05, 4.69) is 15.1 Å². The standard InChI is InChI=1S/C11H15N5O/c1-6-4-9(17)16-11(13-6)14-10(15-16)7-2-3-8(12)5-7/h4,7-8H,2-3,5,12H2,1H3,(H,13,14,15). The number of aryl methyl sites for hydroxylation is 1. The van der Waals surface area contributed by atoms with Crippen molar-refractivity contribution in [3.05, 3.63) is 27.9 Å². The molecule has 2 aromatic rings. The van der Waals surface area contributed by atoms with Gasteiger partial charge >= 0.3 is 0 Å². The van der Waals surface area contributed by atoms with Gasteiger partial charge in [-0.05, 0) is 26.2 Å². The van der Waals surface area contributed by atoms with Gasteiger partial charge in [-0.1, -0.05) is 0 Å². The summed E-state index contributed by atoms with van der Waals surface area (Å²) < 4.78 is 1.40. The molecule has 6 nitrogen and oxygen atoms in total. The zero-order valence-electron chi connectivity index (χ0n) is 9.68. The highest BCUT2D eigenvalue weighted by Crippen LogP contribution is 2.31. The van der Waals surface area contributed by atoms with Gasteiger partial charge in [0.05, 0.1) is 0 Å². The molecular weight excluding hydrogens is 218 g/mol. The van der Waals surface area contributed by atoms with Gasteiger partial charge in [-0.25, -0.2) is 4.98 Å². The summed E-state index contributed by atoms with van der Waals surface area (Å²) in [5.41, 5.74) is 6.46. The lowest BCUT2D eigenvalue weighted by Crippen LogP contribution is -2.15. The largest absolute Gasteiger partial charge is 0.328 e. The SMILES string of the molecule is Cc1cc(=O)n2[nH]c(C3CCC(N)C3)nc2n1. The zero-order chi connectivity index (χ0) is 12.0. The van der Waals surface area contributed by atoms with Crippen LogP contribution in [0, 0.1) is 6.92 Å². The molecular formula is C11H15N5O. The summed E-state index contributed by atoms with van der Waals surface area (Å²) in [6.45, 7) is 1.79. The number of aromatic amines is 1. The molecule has 1 aliphatic rings. The highest BCUT2D eigenvalue weighted by molar-refractivity contribution is 5.28. The topological polar surface area (TPSA) is 89.1 Å². The van der Waals surface area contributed by atoms with E-state index in [0.717, 1.165) is 25.1 Å². The first-order valence-electron chi connectivity index (χ1n) is 5.85. The second-order valence-electron chi connectivity index (χ2n) is 4.75. The van der Waals surface area contributed by atoms with Gasteiger partial charge in [0, 0.05) is 23.7 Å². The number of nitrogens with one attached hydrogen (secondary N) is 1. The molecule has 0 aliphatic heterocycles. The first kappa shape index (κ1) is 10.5. The fourth-order valence-electron chi connectivity index (χ4n) is 2.46. The van der Waals surface area contributed by atoms with Crippen molar-refractivity contribution in [2.24, 2.45) is 5.73 Å². The molecule has 3 rings (SSSR count). The highest BCUT2D eigenvalue weighted by Gasteiger charge is 2.26. The summed E-state index contributed by atoms with van der Waals surface area (Å²) in [6, 6.07) is 1.75. The molecule has 0 bridgehead atoms. The first-order chi connectivity index (χ1) is 8.13. The molecule has 0 aromatic carbocycles. The molecule has 3 N–H and O–H groups in total. The summed E-state index contributed by atoms with van der Waals surface area (Å²) in [6.07, 6.45) is 2.96. The molecule has 2 unspecified atom stereocenters. The summed E-state index contributed by atoms with van der Waals surface area (Å²) in [5.74, 6) is 1.60. The molecule has 6 heteroatoms. The quantitative estimate of drug-likeness (QED) is 0.742. The maximum Gasteiger partial charge on any atom is 0.274 e. The maximum atomic E-state index is 11.7. The van der Waals surface area contributed by atoms with Crippen molar-refractivity contribution < 1.29 is 0 Å². The number of rotatable bonds is 1. The Kier molecular flexibility index (Phi) is 2.25. The summed E-state index contributed by atoms with van der Waals surface area (Å²) in [4.78, 5) is 20.3. The van der Waals surface area contributed by atoms with Crippen molar-refractivity contribution >= 4 is 5.78 Å². The third kappa shape index (κ3) is 1.74. The molecule has 1 aliphatic carbocycles. The lowest BCUT2D eigenvalue weighted by Gasteiger charge is -2.03. The average Bonchev–Trinajstić information content (AvgIpc) is 2.83. The van der Waals surface area contributed by atoms with E-state index in [1.54, 1.807) is 6.92 Å². The number of hydrogen-bond acceptors (Lipinski definition) is 4. The second-order valence-corrected chi connectivity index (χ2v) is 4.75. The number of aromatic nitrogens is 4. The molecule has 0 radical (unpaired) electrons. The van der Waals surface area contributed by atoms with Gasteiger partial charge in [-0.2, -0.15) is 9.50 Å². The molecule has 90 valence electrons. The van der Waals surface area contributed by atoms with Crippen LogP contribution in [-0.4, -0.2) is 25.6 Å². The van der Waals surface area contributed by atoms with Crippen molar-refractivity contribution in [3.8, 4) is 0 Å². The fraction of sp³-hybridized carbons (Fsp3) is 0.545. The number of nitrogens with two attached hydrogens (primary N) is 1. The van der Waals surface area contributed by atoms with E-state index in [-0.39, 0.29) is 11.6 Å². The van der Waals surface area contributed by atoms with Crippen LogP contribution in [0.5, 0.6) is 0 Å². The van der Waals surface area contributed by atoms with Gasteiger partial charge in [0.25, 0.3) is 11.3 Å². The molecule has 1 saturated carbocycles. The van der Waals surface area contributed by atoms with Gasteiger partial charge < -0.3 is 5.73 Å². The Morgan fingerprint density at radius 1 is 1.47 bits per heavy atom. The number of fused-ring (bicyclic) bond motifs is 1. The minimum absolute atomic E-state index is 0.117. The van der Waals surface area contributed by atoms with Crippen molar-refractivity contribution in [3.63, 3.8) is 0 Å². The van der Waals surface area contributed by atoms with Gasteiger partial charge in [-0.15, -0.1) is 0 Å². The van der Waals surface area contributed by atoms with Crippen LogP contribution in [0.4, 0.5) is 0 Å². The fourth-order valence-corrected chi connectivity index (χ4v) is 2.46. The molecule has 0 saturated heterocycles. The molecule has 2 atom stereocenters. The van der Waals surface area contributed by atoms with Crippen LogP contribution >= 0.6 is 0 Å². The third-order valence-corrected chi connectivity index (χ3v) is 3.34. The summed E-state index contributed by atoms with van der Waals surface area (Å²) in [5, 5.41) is 3.03. The molecule has 2 aromatic heterocycles. The molecule has 17 heavy (non-hydrogen) atoms. The molecule has 0 spiro atoms. The van der Waals surface area contributed by atoms with Crippen LogP contribution in [0.25, 0.3) is 5.78 Å². The van der Waals surface area contributed by atoms with Crippen molar-refractivity contribution in [2.45, 2.75) is 38.1 Å². The van der Waals surface area contributed by atoms with Crippen molar-refractivity contribution in [1.29, 1.82) is 0 Å². The number of H-pyrrole nitrogens is 1. The van der Waals surface area contributed by atoms with Gasteiger partial charge in [-0.3, -0.25) is 9.89 Å². The third-order valence-electron chi connectivity index (χ3n) is 3.34. The average molecular weight is 233 g/mol. The zero-order valence-corrected chi connectivity index (χ0v) is 9.68. The summed E-state index contributed by atoms with van der Waals surface area (Å²) >= 11 is 0. The van der Waals surface area contributed by atoms with Crippen LogP contribution in [0.1, 0.15) is 36.7 Å². The Hall–Kier alpha value is -1.69. The normalized spacial score (nSPS) is 24.6. The predicted octanol–water partition coefficient (Wildman–Crippen LogP) is 0.321. The molecule has 2 heterocycles. The Morgan fingerprint density at radius 3 is 3.00 bits per heavy atom. The number of nitrogens with zero attached hydrogens (tertiary/aromatic N) is 3. The van der Waals surface area contributed by atoms with Crippen LogP contribution in [0.2, 0.25) is 0 Å². The van der Waals surface area contributed by atoms with Crippen molar-refractivity contribution in [2.75, 3.05) is 0 Å². The Labute approximate surface area is 97.9 Å². The molecule has 0 amide bonds. The van der Waals surface area contributed by atoms with Gasteiger partial charge in [0.15, 0.2) is 0 Å². The van der Waals surface area contributed by atoms with E-state index in [1.165, 1.54) is 10.6 Å². The van der Waals surface area contributed by atoms with E-state index in [4.69, 9.17) is 5.73 Å². The second kappa shape index (κ2) is 3.66. The number of hydrogen-bond donors (Lipinski definition) is 2. The van der Waals surface area contributed by atoms with Crippen LogP contribution in [-0.2, 0) is 0 Å². The highest BCUT2D eigenvalue weighted by atomic mass is 16.1. The van der Waals surface area contributed by atoms with E-state index < -0.39 is 0 Å². The lowest BCUT2D eigenvalue weighted by atomic mass is 10.1. The minimum atomic E-state index is -0.117. The van der Waals surface area contributed by atoms with E-state index >= 15 is 0 Å². The van der Waals surface area contributed by atoms with E-state index in [9.17, 15) is 4.79 Å². The molecule has 1 fully saturated rings. The van der Waals surface area contributed by atoms with Gasteiger partial charge in [0.2, 0.25) is 0 Å². The predicted molar refractivity (Wildman–Crippen MR) is 62.9 cm³/mol. The Morgan fingerprint density at radius 2 is 2.29 bits per heavy atom. The maximum absolute atomic E-state index is 11.7. The van der Waals surface area contributed by atoms with Crippen LogP contribution in [0.15, 0.2) is 10.9 Å². The minimum Gasteiger partial charge on any atom is -0.328 e. The Balaban J connectivity index is 2.08. The van der Waals surface area contributed by atoms with Crippen LogP contribution < -0.4 is 11.3 Å². The first-order valence-corrected chi connectivity index (χ1v) is 5.85. The smallest absolute Gasteiger partial charge is 0.274 e. The van der Waals surface area contributed by atoms with Crippen molar-refractivity contribution in [1.82, 2.24) is 19.6 Å². The summed E-state index contributed by atoms with van der Waals surface area (Å²) in [7, 11) is 0. The van der Waals surface area contributed by atoms with Gasteiger partial charge in [0.1, 0.15) is 5.82 Å². The lowest BCUT2D eigenvalue weighted by molar-refractivity contribution is 0.640. The van der Waals surface area contributed by atoms with E-state index in [0.29, 0.717) is 17.4 Å².